The topological polar surface area (TPSA) is 51.4 Å². The van der Waals surface area contributed by atoms with Crippen LogP contribution in [0.1, 0.15) is 10.6 Å². The number of hydrogen-bond acceptors (Lipinski definition) is 5. The molecule has 0 aliphatic carbocycles. The largest absolute Gasteiger partial charge is 0.490 e. The number of anilines is 1. The number of nitrogen functional groups attached to an aromatic ring is 1. The van der Waals surface area contributed by atoms with Gasteiger partial charge in [-0.05, 0) is 46.1 Å². The average Bonchev–Trinajstić information content (AvgIpc) is 2.71. The van der Waals surface area contributed by atoms with Gasteiger partial charge in [0.2, 0.25) is 0 Å². The lowest BCUT2D eigenvalue weighted by molar-refractivity contribution is 0.262. The van der Waals surface area contributed by atoms with Crippen molar-refractivity contribution in [3.63, 3.8) is 0 Å². The van der Waals surface area contributed by atoms with E-state index >= 15 is 0 Å². The second-order valence-electron chi connectivity index (χ2n) is 5.06. The molecule has 1 heterocycles. The first kappa shape index (κ1) is 14.8. The molecule has 0 atom stereocenters. The molecule has 108 valence electrons. The molecule has 2 rings (SSSR count). The number of nitrogens with two attached hydrogens (primary N) is 1. The van der Waals surface area contributed by atoms with Gasteiger partial charge in [0.05, 0.1) is 11.4 Å². The van der Waals surface area contributed by atoms with Crippen LogP contribution in [0.25, 0.3) is 10.6 Å². The molecule has 0 amide bonds. The van der Waals surface area contributed by atoms with Gasteiger partial charge >= 0.3 is 0 Å². The number of nitrogens with zero attached hydrogens (tertiary/aromatic N) is 2. The van der Waals surface area contributed by atoms with E-state index in [4.69, 9.17) is 10.5 Å². The van der Waals surface area contributed by atoms with Crippen molar-refractivity contribution < 1.29 is 4.74 Å². The Kier molecular flexibility index (Phi) is 4.62. The van der Waals surface area contributed by atoms with Gasteiger partial charge < -0.3 is 15.4 Å². The molecule has 4 nitrogen and oxygen atoms in total. The summed E-state index contributed by atoms with van der Waals surface area (Å²) in [5.41, 5.74) is 8.84. The van der Waals surface area contributed by atoms with E-state index in [0.717, 1.165) is 28.6 Å². The maximum absolute atomic E-state index is 6.06. The molecule has 2 N–H and O–H groups in total. The van der Waals surface area contributed by atoms with Crippen LogP contribution >= 0.6 is 11.3 Å². The van der Waals surface area contributed by atoms with E-state index in [0.29, 0.717) is 12.3 Å². The Bertz CT molecular complexity index is 573. The molecule has 0 aliphatic heterocycles. The van der Waals surface area contributed by atoms with Crippen LogP contribution in [0.4, 0.5) is 5.69 Å². The Morgan fingerprint density at radius 3 is 2.60 bits per heavy atom. The Hall–Kier alpha value is -1.59. The van der Waals surface area contributed by atoms with Crippen LogP contribution in [-0.4, -0.2) is 37.1 Å². The minimum Gasteiger partial charge on any atom is -0.490 e. The second-order valence-corrected chi connectivity index (χ2v) is 6.27. The molecular weight excluding hydrogens is 270 g/mol. The first-order valence-electron chi connectivity index (χ1n) is 6.59. The summed E-state index contributed by atoms with van der Waals surface area (Å²) in [6.07, 6.45) is 0. The van der Waals surface area contributed by atoms with Gasteiger partial charge in [-0.3, -0.25) is 0 Å². The number of rotatable bonds is 5. The van der Waals surface area contributed by atoms with Gasteiger partial charge in [0, 0.05) is 17.0 Å². The van der Waals surface area contributed by atoms with Gasteiger partial charge in [0.25, 0.3) is 0 Å². The summed E-state index contributed by atoms with van der Waals surface area (Å²) in [6, 6.07) is 5.87. The van der Waals surface area contributed by atoms with E-state index in [1.807, 2.05) is 39.2 Å². The molecule has 0 bridgehead atoms. The van der Waals surface area contributed by atoms with E-state index in [1.54, 1.807) is 11.3 Å². The Labute approximate surface area is 124 Å². The molecule has 0 aliphatic rings. The van der Waals surface area contributed by atoms with E-state index in [1.165, 1.54) is 4.88 Å². The highest BCUT2D eigenvalue weighted by molar-refractivity contribution is 7.15. The van der Waals surface area contributed by atoms with Gasteiger partial charge in [0.15, 0.2) is 0 Å². The van der Waals surface area contributed by atoms with E-state index in [2.05, 4.69) is 16.8 Å². The van der Waals surface area contributed by atoms with Crippen molar-refractivity contribution in [2.45, 2.75) is 13.8 Å². The number of likely N-dealkylation sites (N-methyl/N-ethyl adjacent to an activating group) is 1. The van der Waals surface area contributed by atoms with Gasteiger partial charge in [0.1, 0.15) is 17.4 Å². The third kappa shape index (κ3) is 3.49. The van der Waals surface area contributed by atoms with Gasteiger partial charge in [-0.15, -0.1) is 11.3 Å². The van der Waals surface area contributed by atoms with Crippen molar-refractivity contribution >= 4 is 17.0 Å². The van der Waals surface area contributed by atoms with Gasteiger partial charge in [-0.25, -0.2) is 4.98 Å². The molecule has 0 saturated carbocycles. The van der Waals surface area contributed by atoms with E-state index in [-0.39, 0.29) is 0 Å². The average molecular weight is 291 g/mol. The van der Waals surface area contributed by atoms with Crippen LogP contribution in [0.15, 0.2) is 18.2 Å². The molecule has 1 aromatic heterocycles. The predicted octanol–water partition coefficient (Wildman–Crippen LogP) is 2.95. The maximum atomic E-state index is 6.06. The number of thiazole rings is 1. The fourth-order valence-electron chi connectivity index (χ4n) is 1.75. The fourth-order valence-corrected chi connectivity index (χ4v) is 2.66. The molecule has 20 heavy (non-hydrogen) atoms. The lowest BCUT2D eigenvalue weighted by Gasteiger charge is -2.12. The van der Waals surface area contributed by atoms with Crippen molar-refractivity contribution in [2.24, 2.45) is 0 Å². The lowest BCUT2D eigenvalue weighted by Crippen LogP contribution is -2.19. The normalized spacial score (nSPS) is 11.1. The highest BCUT2D eigenvalue weighted by atomic mass is 32.1. The molecule has 2 aromatic rings. The van der Waals surface area contributed by atoms with Crippen LogP contribution in [0.3, 0.4) is 0 Å². The van der Waals surface area contributed by atoms with Crippen LogP contribution in [0, 0.1) is 13.8 Å². The van der Waals surface area contributed by atoms with Crippen LogP contribution in [0.2, 0.25) is 0 Å². The molecule has 0 fully saturated rings. The molecule has 5 heteroatoms. The number of hydrogen-bond donors (Lipinski definition) is 1. The maximum Gasteiger partial charge on any atom is 0.142 e. The molecular formula is C15H21N3OS. The van der Waals surface area contributed by atoms with Crippen molar-refractivity contribution in [2.75, 3.05) is 33.0 Å². The van der Waals surface area contributed by atoms with Crippen LogP contribution < -0.4 is 10.5 Å². The third-order valence-electron chi connectivity index (χ3n) is 3.08. The Morgan fingerprint density at radius 2 is 2.05 bits per heavy atom. The van der Waals surface area contributed by atoms with Gasteiger partial charge in [-0.2, -0.15) is 0 Å². The van der Waals surface area contributed by atoms with Crippen molar-refractivity contribution in [1.29, 1.82) is 0 Å². The first-order chi connectivity index (χ1) is 9.47. The quantitative estimate of drug-likeness (QED) is 0.861. The molecule has 0 radical (unpaired) electrons. The van der Waals surface area contributed by atoms with Crippen LogP contribution in [-0.2, 0) is 0 Å². The van der Waals surface area contributed by atoms with Crippen molar-refractivity contribution in [3.8, 4) is 16.3 Å². The molecule has 0 spiro atoms. The molecule has 0 unspecified atom stereocenters. The predicted molar refractivity (Wildman–Crippen MR) is 85.5 cm³/mol. The number of benzene rings is 1. The van der Waals surface area contributed by atoms with E-state index in [9.17, 15) is 0 Å². The smallest absolute Gasteiger partial charge is 0.142 e. The summed E-state index contributed by atoms with van der Waals surface area (Å²) in [5, 5.41) is 1.01. The summed E-state index contributed by atoms with van der Waals surface area (Å²) in [6.45, 7) is 5.61. The minimum absolute atomic E-state index is 0.631. The highest BCUT2D eigenvalue weighted by Gasteiger charge is 2.09. The summed E-state index contributed by atoms with van der Waals surface area (Å²) in [4.78, 5) is 7.87. The standard InChI is InChI=1S/C15H21N3OS/c1-10-11(2)20-15(17-10)12-5-6-14(13(16)9-12)19-8-7-18(3)4/h5-6,9H,7-8,16H2,1-4H3. The third-order valence-corrected chi connectivity index (χ3v) is 4.20. The number of ether oxygens (including phenoxy) is 1. The summed E-state index contributed by atoms with van der Waals surface area (Å²) < 4.78 is 5.68. The lowest BCUT2D eigenvalue weighted by atomic mass is 10.2. The zero-order chi connectivity index (χ0) is 14.7. The minimum atomic E-state index is 0.631. The Morgan fingerprint density at radius 1 is 1.30 bits per heavy atom. The summed E-state index contributed by atoms with van der Waals surface area (Å²) in [5.74, 6) is 0.737. The molecule has 1 aromatic carbocycles. The Balaban J connectivity index is 2.13. The molecule has 0 saturated heterocycles. The summed E-state index contributed by atoms with van der Waals surface area (Å²) >= 11 is 1.69. The van der Waals surface area contributed by atoms with Crippen LogP contribution in [0.5, 0.6) is 5.75 Å². The number of aromatic nitrogens is 1. The van der Waals surface area contributed by atoms with E-state index < -0.39 is 0 Å². The van der Waals surface area contributed by atoms with Crippen molar-refractivity contribution in [1.82, 2.24) is 9.88 Å². The zero-order valence-electron chi connectivity index (χ0n) is 12.4. The van der Waals surface area contributed by atoms with Crippen molar-refractivity contribution in [3.05, 3.63) is 28.8 Å². The summed E-state index contributed by atoms with van der Waals surface area (Å²) in [7, 11) is 4.03. The highest BCUT2D eigenvalue weighted by Crippen LogP contribution is 2.32. The monoisotopic (exact) mass is 291 g/mol. The van der Waals surface area contributed by atoms with Gasteiger partial charge in [-0.1, -0.05) is 0 Å². The second kappa shape index (κ2) is 6.24. The zero-order valence-corrected chi connectivity index (χ0v) is 13.3. The SMILES string of the molecule is Cc1nc(-c2ccc(OCCN(C)C)c(N)c2)sc1C. The first-order valence-corrected chi connectivity index (χ1v) is 7.40. The number of aryl methyl sites for hydroxylation is 2. The fraction of sp³-hybridized carbons (Fsp3) is 0.400.